The molecule has 0 aromatic heterocycles. The minimum Gasteiger partial charge on any atom is -0.466 e. The molecule has 9 nitrogen and oxygen atoms in total. The van der Waals surface area contributed by atoms with Crippen molar-refractivity contribution in [2.24, 2.45) is 0 Å². The molecule has 3 aromatic carbocycles. The molecule has 264 valence electrons. The first kappa shape index (κ1) is 41.3. The van der Waals surface area contributed by atoms with Crippen LogP contribution in [-0.4, -0.2) is 59.9 Å². The largest absolute Gasteiger partial charge is 0.466 e. The summed E-state index contributed by atoms with van der Waals surface area (Å²) in [6.07, 6.45) is 0.865. The number of allylic oxidation sites excluding steroid dienone is 2. The van der Waals surface area contributed by atoms with Gasteiger partial charge in [0.25, 0.3) is 5.69 Å². The fourth-order valence-corrected chi connectivity index (χ4v) is 6.11. The van der Waals surface area contributed by atoms with Gasteiger partial charge in [-0.1, -0.05) is 72.8 Å². The maximum absolute atomic E-state index is 14.0. The fraction of sp³-hybridized carbons (Fsp3) is 0.351. The number of likely N-dealkylation sites (N-methyl/N-ethyl adjacent to an activating group) is 1. The summed E-state index contributed by atoms with van der Waals surface area (Å²) in [5, 5.41) is 14.9. The number of carbonyl (C=O) groups excluding carboxylic acids is 2. The summed E-state index contributed by atoms with van der Waals surface area (Å²) in [4.78, 5) is 40.2. The molecular weight excluding hydrogens is 689 g/mol. The number of rotatable bonds is 12. The van der Waals surface area contributed by atoms with Crippen LogP contribution in [0.4, 0.5) is 5.69 Å². The quantitative estimate of drug-likeness (QED) is 0.0857. The molecule has 0 radical (unpaired) electrons. The number of nitro groups is 1. The van der Waals surface area contributed by atoms with E-state index in [1.807, 2.05) is 33.0 Å². The zero-order valence-electron chi connectivity index (χ0n) is 28.6. The minimum atomic E-state index is -0.919. The second-order valence-corrected chi connectivity index (χ2v) is 12.9. The van der Waals surface area contributed by atoms with E-state index >= 15 is 0 Å². The number of nitro benzene ring substituents is 1. The second kappa shape index (κ2) is 19.3. The number of alkyl halides is 2. The Hall–Kier alpha value is -3.89. The number of esters is 2. The number of hydrogen-bond donors (Lipinski definition) is 1. The Morgan fingerprint density at radius 1 is 0.918 bits per heavy atom. The van der Waals surface area contributed by atoms with Gasteiger partial charge in [-0.25, -0.2) is 9.59 Å². The summed E-state index contributed by atoms with van der Waals surface area (Å²) < 4.78 is 11.2. The molecule has 0 bridgehead atoms. The predicted molar refractivity (Wildman–Crippen MR) is 197 cm³/mol. The minimum absolute atomic E-state index is 0. The number of methoxy groups -OCH3 is 1. The molecule has 1 unspecified atom stereocenters. The van der Waals surface area contributed by atoms with Crippen molar-refractivity contribution < 1.29 is 24.0 Å². The fourth-order valence-electron chi connectivity index (χ4n) is 6.11. The van der Waals surface area contributed by atoms with Gasteiger partial charge in [0.15, 0.2) is 0 Å². The first-order valence-electron chi connectivity index (χ1n) is 15.5. The Bertz CT molecular complexity index is 1590. The summed E-state index contributed by atoms with van der Waals surface area (Å²) in [7, 11) is 3.26. The van der Waals surface area contributed by atoms with Crippen LogP contribution in [0.15, 0.2) is 107 Å². The van der Waals surface area contributed by atoms with Crippen LogP contribution in [0.1, 0.15) is 62.6 Å². The molecule has 0 amide bonds. The van der Waals surface area contributed by atoms with Gasteiger partial charge in [0.1, 0.15) is 5.60 Å². The van der Waals surface area contributed by atoms with Crippen LogP contribution in [0, 0.1) is 10.1 Å². The lowest BCUT2D eigenvalue weighted by molar-refractivity contribution is -0.384. The maximum atomic E-state index is 14.0. The molecule has 1 aliphatic heterocycles. The number of ether oxygens (including phenoxy) is 2. The normalized spacial score (nSPS) is 14.4. The van der Waals surface area contributed by atoms with E-state index in [2.05, 4.69) is 58.7 Å². The van der Waals surface area contributed by atoms with Gasteiger partial charge in [-0.2, -0.15) is 0 Å². The van der Waals surface area contributed by atoms with E-state index in [0.717, 1.165) is 13.0 Å². The van der Waals surface area contributed by atoms with Crippen LogP contribution < -0.4 is 5.32 Å². The maximum Gasteiger partial charge on any atom is 0.337 e. The zero-order valence-corrected chi connectivity index (χ0v) is 30.9. The van der Waals surface area contributed by atoms with E-state index in [1.165, 1.54) is 36.4 Å². The van der Waals surface area contributed by atoms with Gasteiger partial charge in [0.05, 0.1) is 34.4 Å². The number of hydrogen-bond acceptors (Lipinski definition) is 8. The van der Waals surface area contributed by atoms with Gasteiger partial charge < -0.3 is 19.7 Å². The molecule has 1 N–H and O–H groups in total. The number of non-ortho nitro benzene ring substituents is 1. The number of carbonyl (C=O) groups is 2. The van der Waals surface area contributed by atoms with Crippen molar-refractivity contribution >= 4 is 53.2 Å². The summed E-state index contributed by atoms with van der Waals surface area (Å²) in [6.45, 7) is 8.34. The van der Waals surface area contributed by atoms with Crippen molar-refractivity contribution in [2.75, 3.05) is 32.6 Å². The SMILES string of the molecule is COC(=O)C1=C(C)NC(C)=C(C(=O)OC(C)(C)CN(C)CCC(c2ccccc2)c2ccccc2)C1c1cccc([N+](=O)[O-])c1.Cl.ClCCl. The van der Waals surface area contributed by atoms with Gasteiger partial charge in [-0.05, 0) is 64.4 Å². The molecule has 0 saturated carbocycles. The van der Waals surface area contributed by atoms with Crippen molar-refractivity contribution in [1.82, 2.24) is 10.2 Å². The van der Waals surface area contributed by atoms with Gasteiger partial charge in [-0.3, -0.25) is 10.1 Å². The van der Waals surface area contributed by atoms with Crippen molar-refractivity contribution in [2.45, 2.75) is 51.6 Å². The average molecular weight is 733 g/mol. The molecule has 1 aliphatic rings. The topological polar surface area (TPSA) is 111 Å². The third-order valence-corrected chi connectivity index (χ3v) is 8.02. The highest BCUT2D eigenvalue weighted by Gasteiger charge is 2.40. The summed E-state index contributed by atoms with van der Waals surface area (Å²) in [5.41, 5.74) is 3.24. The molecule has 0 aliphatic carbocycles. The Balaban J connectivity index is 0.00000201. The van der Waals surface area contributed by atoms with Gasteiger partial charge in [0.2, 0.25) is 0 Å². The zero-order chi connectivity index (χ0) is 35.4. The van der Waals surface area contributed by atoms with E-state index in [4.69, 9.17) is 32.7 Å². The molecule has 4 rings (SSSR count). The number of nitrogens with one attached hydrogen (secondary N) is 1. The van der Waals surface area contributed by atoms with E-state index in [1.54, 1.807) is 19.9 Å². The van der Waals surface area contributed by atoms with Crippen molar-refractivity contribution in [3.05, 3.63) is 134 Å². The van der Waals surface area contributed by atoms with Crippen LogP contribution >= 0.6 is 35.6 Å². The number of dihydropyridines is 1. The first-order chi connectivity index (χ1) is 22.8. The highest BCUT2D eigenvalue weighted by molar-refractivity contribution is 6.40. The third kappa shape index (κ3) is 11.3. The third-order valence-electron chi connectivity index (χ3n) is 8.02. The van der Waals surface area contributed by atoms with Crippen LogP contribution in [-0.2, 0) is 19.1 Å². The molecular formula is C37H44Cl3N3O6. The Morgan fingerprint density at radius 2 is 1.43 bits per heavy atom. The van der Waals surface area contributed by atoms with Crippen LogP contribution in [0.25, 0.3) is 0 Å². The second-order valence-electron chi connectivity index (χ2n) is 12.1. The highest BCUT2D eigenvalue weighted by atomic mass is 35.5. The van der Waals surface area contributed by atoms with Crippen LogP contribution in [0.5, 0.6) is 0 Å². The summed E-state index contributed by atoms with van der Waals surface area (Å²) in [5.74, 6) is -1.96. The van der Waals surface area contributed by atoms with Gasteiger partial charge in [-0.15, -0.1) is 35.6 Å². The molecule has 0 saturated heterocycles. The van der Waals surface area contributed by atoms with Crippen molar-refractivity contribution in [3.63, 3.8) is 0 Å². The predicted octanol–water partition coefficient (Wildman–Crippen LogP) is 8.32. The van der Waals surface area contributed by atoms with Gasteiger partial charge >= 0.3 is 11.9 Å². The number of halogens is 3. The standard InChI is InChI=1S/C36H41N3O6.CH2Cl2.ClH/c1-24-31(34(40)44-6)33(28-18-13-19-29(22-28)39(42)43)32(25(2)37-24)35(41)45-36(3,4)23-38(5)21-20-30(26-14-9-7-10-15-26)27-16-11-8-12-17-27;2-1-3;/h7-19,22,30,33,37H,20-21,23H2,1-6H3;1H2;1H. The van der Waals surface area contributed by atoms with E-state index in [-0.39, 0.29) is 40.5 Å². The molecule has 0 fully saturated rings. The first-order valence-corrected chi connectivity index (χ1v) is 16.5. The Morgan fingerprint density at radius 3 is 1.92 bits per heavy atom. The molecule has 1 heterocycles. The molecule has 49 heavy (non-hydrogen) atoms. The van der Waals surface area contributed by atoms with E-state index in [0.29, 0.717) is 23.5 Å². The average Bonchev–Trinajstić information content (AvgIpc) is 3.05. The van der Waals surface area contributed by atoms with E-state index in [9.17, 15) is 19.7 Å². The Labute approximate surface area is 304 Å². The highest BCUT2D eigenvalue weighted by Crippen LogP contribution is 2.40. The lowest BCUT2D eigenvalue weighted by Crippen LogP contribution is -2.42. The van der Waals surface area contributed by atoms with Crippen LogP contribution in [0.3, 0.4) is 0 Å². The molecule has 0 spiro atoms. The molecule has 1 atom stereocenters. The van der Waals surface area contributed by atoms with Crippen molar-refractivity contribution in [3.8, 4) is 0 Å². The summed E-state index contributed by atoms with van der Waals surface area (Å²) in [6, 6.07) is 26.8. The lowest BCUT2D eigenvalue weighted by atomic mass is 9.80. The Kier molecular flexibility index (Phi) is 16.3. The summed E-state index contributed by atoms with van der Waals surface area (Å²) >= 11 is 9.53. The molecule has 3 aromatic rings. The van der Waals surface area contributed by atoms with Gasteiger partial charge in [0, 0.05) is 36.0 Å². The number of benzene rings is 3. The van der Waals surface area contributed by atoms with Crippen molar-refractivity contribution in [1.29, 1.82) is 0 Å². The smallest absolute Gasteiger partial charge is 0.337 e. The van der Waals surface area contributed by atoms with E-state index < -0.39 is 28.4 Å². The monoisotopic (exact) mass is 731 g/mol. The number of nitrogens with zero attached hydrogens (tertiary/aromatic N) is 2. The van der Waals surface area contributed by atoms with Crippen LogP contribution in [0.2, 0.25) is 0 Å². The molecule has 12 heteroatoms. The lowest BCUT2D eigenvalue weighted by Gasteiger charge is -2.34.